The lowest BCUT2D eigenvalue weighted by Gasteiger charge is -2.23. The third kappa shape index (κ3) is 2.44. The summed E-state index contributed by atoms with van der Waals surface area (Å²) in [4.78, 5) is 25.9. The van der Waals surface area contributed by atoms with Gasteiger partial charge in [0.05, 0.1) is 6.54 Å². The Morgan fingerprint density at radius 2 is 1.75 bits per heavy atom. The van der Waals surface area contributed by atoms with Gasteiger partial charge in [0.2, 0.25) is 0 Å². The van der Waals surface area contributed by atoms with Crippen LogP contribution in [0.4, 0.5) is 4.79 Å². The SMILES string of the molecule is O=C(OCC1c2ccccc2-c2ccccc21)N1CC2CCOC2(C(=O)O)C1. The van der Waals surface area contributed by atoms with E-state index < -0.39 is 17.7 Å². The summed E-state index contributed by atoms with van der Waals surface area (Å²) in [5.41, 5.74) is 3.38. The molecule has 6 heteroatoms. The highest BCUT2D eigenvalue weighted by molar-refractivity contribution is 5.82. The standard InChI is InChI=1S/C22H21NO5/c24-20(25)22-13-23(11-14(22)9-10-28-22)21(26)27-12-19-17-7-3-1-5-15(17)16-6-2-4-8-18(16)19/h1-8,14,19H,9-13H2,(H,24,25). The van der Waals surface area contributed by atoms with Crippen molar-refractivity contribution < 1.29 is 24.2 Å². The fourth-order valence-electron chi connectivity index (χ4n) is 4.89. The van der Waals surface area contributed by atoms with E-state index in [1.165, 1.54) is 16.0 Å². The monoisotopic (exact) mass is 379 g/mol. The second-order valence-electron chi connectivity index (χ2n) is 7.71. The Kier molecular flexibility index (Phi) is 3.91. The first kappa shape index (κ1) is 17.3. The van der Waals surface area contributed by atoms with Crippen LogP contribution in [0.25, 0.3) is 11.1 Å². The minimum absolute atomic E-state index is 0.0110. The molecular formula is C22H21NO5. The van der Waals surface area contributed by atoms with Gasteiger partial charge in [0.25, 0.3) is 0 Å². The number of carboxylic acids is 1. The van der Waals surface area contributed by atoms with Crippen molar-refractivity contribution in [3.63, 3.8) is 0 Å². The van der Waals surface area contributed by atoms with E-state index in [1.807, 2.05) is 24.3 Å². The number of carboxylic acid groups (broad SMARTS) is 1. The molecule has 3 aliphatic rings. The first-order valence-electron chi connectivity index (χ1n) is 9.57. The molecule has 0 saturated carbocycles. The van der Waals surface area contributed by atoms with Crippen molar-refractivity contribution in [2.75, 3.05) is 26.3 Å². The summed E-state index contributed by atoms with van der Waals surface area (Å²) in [6.07, 6.45) is 0.180. The molecule has 144 valence electrons. The van der Waals surface area contributed by atoms with Gasteiger partial charge in [-0.1, -0.05) is 48.5 Å². The van der Waals surface area contributed by atoms with Crippen LogP contribution in [0.3, 0.4) is 0 Å². The fourth-order valence-corrected chi connectivity index (χ4v) is 4.89. The molecule has 2 atom stereocenters. The molecule has 2 aromatic carbocycles. The second kappa shape index (κ2) is 6.34. The number of amides is 1. The van der Waals surface area contributed by atoms with Gasteiger partial charge in [0, 0.05) is 25.0 Å². The largest absolute Gasteiger partial charge is 0.479 e. The molecule has 2 aliphatic heterocycles. The van der Waals surface area contributed by atoms with E-state index >= 15 is 0 Å². The predicted molar refractivity (Wildman–Crippen MR) is 101 cm³/mol. The van der Waals surface area contributed by atoms with Crippen molar-refractivity contribution in [1.82, 2.24) is 4.90 Å². The molecule has 0 radical (unpaired) electrons. The lowest BCUT2D eigenvalue weighted by atomic mass is 9.91. The fraction of sp³-hybridized carbons (Fsp3) is 0.364. The van der Waals surface area contributed by atoms with Crippen molar-refractivity contribution >= 4 is 12.1 Å². The van der Waals surface area contributed by atoms with Gasteiger partial charge in [-0.05, 0) is 28.7 Å². The van der Waals surface area contributed by atoms with Gasteiger partial charge < -0.3 is 19.5 Å². The van der Waals surface area contributed by atoms with Crippen LogP contribution >= 0.6 is 0 Å². The number of benzene rings is 2. The van der Waals surface area contributed by atoms with Crippen LogP contribution in [0, 0.1) is 5.92 Å². The maximum Gasteiger partial charge on any atom is 0.409 e. The van der Waals surface area contributed by atoms with E-state index in [1.54, 1.807) is 0 Å². The highest BCUT2D eigenvalue weighted by Crippen LogP contribution is 2.45. The third-order valence-corrected chi connectivity index (χ3v) is 6.31. The van der Waals surface area contributed by atoms with Gasteiger partial charge in [-0.2, -0.15) is 0 Å². The Hall–Kier alpha value is -2.86. The summed E-state index contributed by atoms with van der Waals surface area (Å²) >= 11 is 0. The number of hydrogen-bond acceptors (Lipinski definition) is 4. The molecule has 6 nitrogen and oxygen atoms in total. The van der Waals surface area contributed by atoms with E-state index in [0.717, 1.165) is 11.1 Å². The van der Waals surface area contributed by atoms with Crippen LogP contribution in [-0.2, 0) is 14.3 Å². The molecule has 0 aromatic heterocycles. The molecule has 0 bridgehead atoms. The Balaban J connectivity index is 1.32. The average Bonchev–Trinajstić information content (AvgIpc) is 3.36. The van der Waals surface area contributed by atoms with E-state index in [9.17, 15) is 14.7 Å². The smallest absolute Gasteiger partial charge is 0.409 e. The number of fused-ring (bicyclic) bond motifs is 4. The maximum atomic E-state index is 12.7. The summed E-state index contributed by atoms with van der Waals surface area (Å²) in [6, 6.07) is 16.3. The zero-order chi connectivity index (χ0) is 19.3. The van der Waals surface area contributed by atoms with Crippen LogP contribution in [0.5, 0.6) is 0 Å². The van der Waals surface area contributed by atoms with E-state index in [-0.39, 0.29) is 25.0 Å². The van der Waals surface area contributed by atoms with Crippen LogP contribution in [0.1, 0.15) is 23.5 Å². The Bertz CT molecular complexity index is 912. The van der Waals surface area contributed by atoms with Crippen molar-refractivity contribution in [3.05, 3.63) is 59.7 Å². The normalized spacial score (nSPS) is 25.3. The second-order valence-corrected chi connectivity index (χ2v) is 7.71. The van der Waals surface area contributed by atoms with Crippen LogP contribution in [0.2, 0.25) is 0 Å². The van der Waals surface area contributed by atoms with E-state index in [0.29, 0.717) is 19.6 Å². The van der Waals surface area contributed by atoms with Crippen molar-refractivity contribution in [1.29, 1.82) is 0 Å². The number of nitrogens with zero attached hydrogens (tertiary/aromatic N) is 1. The minimum Gasteiger partial charge on any atom is -0.479 e. The molecule has 2 unspecified atom stereocenters. The Morgan fingerprint density at radius 1 is 1.11 bits per heavy atom. The molecule has 1 amide bonds. The number of carbonyl (C=O) groups is 2. The molecule has 0 spiro atoms. The topological polar surface area (TPSA) is 76.1 Å². The summed E-state index contributed by atoms with van der Waals surface area (Å²) in [5, 5.41) is 9.59. The first-order chi connectivity index (χ1) is 13.6. The quantitative estimate of drug-likeness (QED) is 0.887. The van der Waals surface area contributed by atoms with Gasteiger partial charge in [0.15, 0.2) is 5.60 Å². The van der Waals surface area contributed by atoms with Gasteiger partial charge in [0.1, 0.15) is 6.61 Å². The summed E-state index contributed by atoms with van der Waals surface area (Å²) in [6.45, 7) is 1.07. The third-order valence-electron chi connectivity index (χ3n) is 6.31. The van der Waals surface area contributed by atoms with E-state index in [4.69, 9.17) is 9.47 Å². The molecule has 28 heavy (non-hydrogen) atoms. The molecule has 1 aliphatic carbocycles. The molecule has 5 rings (SSSR count). The Labute approximate surface area is 162 Å². The zero-order valence-electron chi connectivity index (χ0n) is 15.3. The lowest BCUT2D eigenvalue weighted by Crippen LogP contribution is -2.45. The number of carbonyl (C=O) groups excluding carboxylic acids is 1. The molecule has 2 saturated heterocycles. The van der Waals surface area contributed by atoms with Crippen LogP contribution < -0.4 is 0 Å². The summed E-state index contributed by atoms with van der Waals surface area (Å²) in [5.74, 6) is -1.18. The minimum atomic E-state index is -1.27. The van der Waals surface area contributed by atoms with Crippen molar-refractivity contribution in [2.24, 2.45) is 5.92 Å². The number of likely N-dealkylation sites (tertiary alicyclic amines) is 1. The van der Waals surface area contributed by atoms with Gasteiger partial charge in [-0.25, -0.2) is 9.59 Å². The van der Waals surface area contributed by atoms with Gasteiger partial charge >= 0.3 is 12.1 Å². The molecule has 1 N–H and O–H groups in total. The Morgan fingerprint density at radius 3 is 2.36 bits per heavy atom. The molecule has 2 fully saturated rings. The predicted octanol–water partition coefficient (Wildman–Crippen LogP) is 3.11. The van der Waals surface area contributed by atoms with E-state index in [2.05, 4.69) is 24.3 Å². The first-order valence-corrected chi connectivity index (χ1v) is 9.57. The number of ether oxygens (including phenoxy) is 2. The number of rotatable bonds is 3. The van der Waals surface area contributed by atoms with Crippen LogP contribution in [0.15, 0.2) is 48.5 Å². The van der Waals surface area contributed by atoms with Crippen LogP contribution in [-0.4, -0.2) is 54.0 Å². The summed E-state index contributed by atoms with van der Waals surface area (Å²) < 4.78 is 11.2. The van der Waals surface area contributed by atoms with Crippen molar-refractivity contribution in [3.8, 4) is 11.1 Å². The molecule has 2 heterocycles. The number of aliphatic carboxylic acids is 1. The maximum absolute atomic E-state index is 12.7. The zero-order valence-corrected chi connectivity index (χ0v) is 15.3. The van der Waals surface area contributed by atoms with Gasteiger partial charge in [-0.3, -0.25) is 0 Å². The highest BCUT2D eigenvalue weighted by atomic mass is 16.6. The number of hydrogen-bond donors (Lipinski definition) is 1. The van der Waals surface area contributed by atoms with Gasteiger partial charge in [-0.15, -0.1) is 0 Å². The lowest BCUT2D eigenvalue weighted by molar-refractivity contribution is -0.160. The average molecular weight is 379 g/mol. The molecule has 2 aromatic rings. The highest BCUT2D eigenvalue weighted by Gasteiger charge is 2.58. The summed E-state index contributed by atoms with van der Waals surface area (Å²) in [7, 11) is 0. The van der Waals surface area contributed by atoms with Crippen molar-refractivity contribution in [2.45, 2.75) is 17.9 Å². The molecular weight excluding hydrogens is 358 g/mol.